The van der Waals surface area contributed by atoms with E-state index in [1.54, 1.807) is 0 Å². The van der Waals surface area contributed by atoms with Crippen LogP contribution in [0.3, 0.4) is 0 Å². The molecule has 0 saturated heterocycles. The number of aromatic hydroxyl groups is 2. The van der Waals surface area contributed by atoms with E-state index in [0.29, 0.717) is 12.8 Å². The Morgan fingerprint density at radius 3 is 1.37 bits per heavy atom. The van der Waals surface area contributed by atoms with Crippen molar-refractivity contribution < 1.29 is 28.6 Å². The van der Waals surface area contributed by atoms with E-state index in [-0.39, 0.29) is 47.0 Å². The number of aryl methyl sites for hydroxylation is 2. The van der Waals surface area contributed by atoms with Gasteiger partial charge in [-0.1, -0.05) is 25.7 Å². The summed E-state index contributed by atoms with van der Waals surface area (Å²) < 4.78 is 9.70. The van der Waals surface area contributed by atoms with Gasteiger partial charge in [-0.2, -0.15) is 0 Å². The smallest absolute Gasteiger partial charge is 0.350 e. The molecule has 8 nitrogen and oxygen atoms in total. The highest BCUT2D eigenvalue weighted by molar-refractivity contribution is 5.98. The third kappa shape index (κ3) is 6.17. The van der Waals surface area contributed by atoms with Gasteiger partial charge in [0.25, 0.3) is 0 Å². The standard InChI is InChI=1S/C22H26O8/c1-13-11-17(25)19(21(27)29-13)15(23)9-7-5-3-4-6-8-10-16(24)20-18(26)12-14(2)30-22(20)28/h11-12,25-26H,3-10H2,1-2H3. The molecule has 162 valence electrons. The van der Waals surface area contributed by atoms with Gasteiger partial charge in [0, 0.05) is 25.0 Å². The Morgan fingerprint density at radius 2 is 1.03 bits per heavy atom. The molecule has 0 spiro atoms. The zero-order valence-electron chi connectivity index (χ0n) is 17.2. The molecule has 2 N–H and O–H groups in total. The molecule has 0 unspecified atom stereocenters. The van der Waals surface area contributed by atoms with Crippen LogP contribution >= 0.6 is 0 Å². The van der Waals surface area contributed by atoms with E-state index in [2.05, 4.69) is 0 Å². The number of carbonyl (C=O) groups excluding carboxylic acids is 2. The van der Waals surface area contributed by atoms with Crippen LogP contribution in [-0.2, 0) is 0 Å². The van der Waals surface area contributed by atoms with E-state index in [0.717, 1.165) is 25.7 Å². The average Bonchev–Trinajstić information content (AvgIpc) is 2.62. The minimum Gasteiger partial charge on any atom is -0.507 e. The number of hydrogen-bond donors (Lipinski definition) is 2. The second-order valence-electron chi connectivity index (χ2n) is 7.28. The number of carbonyl (C=O) groups is 2. The number of hydrogen-bond acceptors (Lipinski definition) is 8. The van der Waals surface area contributed by atoms with E-state index in [1.807, 2.05) is 0 Å². The molecule has 0 amide bonds. The van der Waals surface area contributed by atoms with Crippen molar-refractivity contribution in [1.82, 2.24) is 0 Å². The van der Waals surface area contributed by atoms with Crippen LogP contribution in [0.25, 0.3) is 0 Å². The molecule has 0 bridgehead atoms. The second kappa shape index (κ2) is 10.6. The second-order valence-corrected chi connectivity index (χ2v) is 7.28. The van der Waals surface area contributed by atoms with Crippen molar-refractivity contribution in [2.24, 2.45) is 0 Å². The highest BCUT2D eigenvalue weighted by Crippen LogP contribution is 2.19. The Balaban J connectivity index is 1.66. The molecule has 0 aliphatic carbocycles. The van der Waals surface area contributed by atoms with Crippen LogP contribution < -0.4 is 11.3 Å². The van der Waals surface area contributed by atoms with Crippen molar-refractivity contribution in [3.63, 3.8) is 0 Å². The maximum atomic E-state index is 12.1. The first-order valence-corrected chi connectivity index (χ1v) is 9.94. The Hall–Kier alpha value is -3.16. The third-order valence-corrected chi connectivity index (χ3v) is 4.72. The van der Waals surface area contributed by atoms with Gasteiger partial charge in [0.1, 0.15) is 34.1 Å². The normalized spacial score (nSPS) is 10.9. The zero-order valence-corrected chi connectivity index (χ0v) is 17.2. The number of ketones is 2. The van der Waals surface area contributed by atoms with Gasteiger partial charge < -0.3 is 19.0 Å². The van der Waals surface area contributed by atoms with Crippen LogP contribution in [0.1, 0.15) is 83.6 Å². The van der Waals surface area contributed by atoms with Gasteiger partial charge in [-0.3, -0.25) is 9.59 Å². The summed E-state index contributed by atoms with van der Waals surface area (Å²) >= 11 is 0. The van der Waals surface area contributed by atoms with E-state index in [1.165, 1.54) is 26.0 Å². The van der Waals surface area contributed by atoms with Gasteiger partial charge in [-0.25, -0.2) is 9.59 Å². The third-order valence-electron chi connectivity index (χ3n) is 4.72. The zero-order chi connectivity index (χ0) is 22.3. The molecule has 8 heteroatoms. The van der Waals surface area contributed by atoms with Crippen LogP contribution in [0, 0.1) is 13.8 Å². The van der Waals surface area contributed by atoms with Crippen LogP contribution in [-0.4, -0.2) is 21.8 Å². The van der Waals surface area contributed by atoms with Crippen LogP contribution in [0.4, 0.5) is 0 Å². The molecular formula is C22H26O8. The molecule has 0 atom stereocenters. The molecule has 0 fully saturated rings. The molecule has 30 heavy (non-hydrogen) atoms. The van der Waals surface area contributed by atoms with Crippen molar-refractivity contribution in [1.29, 1.82) is 0 Å². The van der Waals surface area contributed by atoms with E-state index < -0.39 is 22.8 Å². The summed E-state index contributed by atoms with van der Waals surface area (Å²) in [7, 11) is 0. The van der Waals surface area contributed by atoms with Crippen molar-refractivity contribution in [2.45, 2.75) is 65.2 Å². The largest absolute Gasteiger partial charge is 0.507 e. The first-order chi connectivity index (χ1) is 14.2. The van der Waals surface area contributed by atoms with Crippen molar-refractivity contribution in [3.05, 3.63) is 55.6 Å². The van der Waals surface area contributed by atoms with Crippen molar-refractivity contribution in [2.75, 3.05) is 0 Å². The minimum atomic E-state index is -0.823. The molecule has 2 aromatic heterocycles. The van der Waals surface area contributed by atoms with Crippen molar-refractivity contribution >= 4 is 11.6 Å². The number of unbranched alkanes of at least 4 members (excludes halogenated alkanes) is 5. The lowest BCUT2D eigenvalue weighted by atomic mass is 10.0. The lowest BCUT2D eigenvalue weighted by Crippen LogP contribution is -2.14. The quantitative estimate of drug-likeness (QED) is 0.415. The molecular weight excluding hydrogens is 392 g/mol. The Morgan fingerprint density at radius 1 is 0.700 bits per heavy atom. The summed E-state index contributed by atoms with van der Waals surface area (Å²) in [5.74, 6) is -1.11. The summed E-state index contributed by atoms with van der Waals surface area (Å²) in [6.45, 7) is 3.03. The van der Waals surface area contributed by atoms with E-state index >= 15 is 0 Å². The first kappa shape index (κ1) is 23.1. The Labute approximate surface area is 173 Å². The van der Waals surface area contributed by atoms with Crippen LogP contribution in [0.15, 0.2) is 30.6 Å². The fourth-order valence-corrected chi connectivity index (χ4v) is 3.23. The summed E-state index contributed by atoms with van der Waals surface area (Å²) in [5, 5.41) is 19.5. The average molecular weight is 418 g/mol. The van der Waals surface area contributed by atoms with Gasteiger partial charge >= 0.3 is 11.3 Å². The maximum absolute atomic E-state index is 12.1. The summed E-state index contributed by atoms with van der Waals surface area (Å²) in [5.41, 5.74) is -2.25. The van der Waals surface area contributed by atoms with E-state index in [4.69, 9.17) is 8.83 Å². The summed E-state index contributed by atoms with van der Waals surface area (Å²) in [6, 6.07) is 2.49. The van der Waals surface area contributed by atoms with Gasteiger partial charge in [0.2, 0.25) is 0 Å². The molecule has 0 aliphatic heterocycles. The predicted molar refractivity (Wildman–Crippen MR) is 108 cm³/mol. The molecule has 2 rings (SSSR count). The molecule has 0 aromatic carbocycles. The monoisotopic (exact) mass is 418 g/mol. The fourth-order valence-electron chi connectivity index (χ4n) is 3.23. The van der Waals surface area contributed by atoms with Crippen LogP contribution in [0.2, 0.25) is 0 Å². The summed E-state index contributed by atoms with van der Waals surface area (Å²) in [4.78, 5) is 47.6. The van der Waals surface area contributed by atoms with Gasteiger partial charge in [0.05, 0.1) is 0 Å². The van der Waals surface area contributed by atoms with Crippen LogP contribution in [0.5, 0.6) is 11.5 Å². The highest BCUT2D eigenvalue weighted by atomic mass is 16.4. The SMILES string of the molecule is Cc1cc(O)c(C(=O)CCCCCCCCC(=O)c2c(O)cc(C)oc2=O)c(=O)o1. The first-order valence-electron chi connectivity index (χ1n) is 9.94. The van der Waals surface area contributed by atoms with Crippen molar-refractivity contribution in [3.8, 4) is 11.5 Å². The lowest BCUT2D eigenvalue weighted by Gasteiger charge is -2.05. The Bertz CT molecular complexity index is 945. The van der Waals surface area contributed by atoms with Gasteiger partial charge in [-0.05, 0) is 26.7 Å². The topological polar surface area (TPSA) is 135 Å². The maximum Gasteiger partial charge on any atom is 0.350 e. The van der Waals surface area contributed by atoms with Gasteiger partial charge in [0.15, 0.2) is 11.6 Å². The Kier molecular flexibility index (Phi) is 8.15. The lowest BCUT2D eigenvalue weighted by molar-refractivity contribution is 0.0961. The minimum absolute atomic E-state index is 0.141. The van der Waals surface area contributed by atoms with E-state index in [9.17, 15) is 29.4 Å². The molecule has 0 saturated carbocycles. The highest BCUT2D eigenvalue weighted by Gasteiger charge is 2.18. The fraction of sp³-hybridized carbons (Fsp3) is 0.455. The number of Topliss-reactive ketones (excluding diaryl/α,β-unsaturated/α-hetero) is 2. The molecule has 2 aromatic rings. The number of rotatable bonds is 11. The molecule has 0 radical (unpaired) electrons. The molecule has 2 heterocycles. The predicted octanol–water partition coefficient (Wildman–Crippen LogP) is 3.81. The molecule has 0 aliphatic rings. The van der Waals surface area contributed by atoms with Gasteiger partial charge in [-0.15, -0.1) is 0 Å². The summed E-state index contributed by atoms with van der Waals surface area (Å²) in [6.07, 6.45) is 4.64.